The van der Waals surface area contributed by atoms with Gasteiger partial charge >= 0.3 is 0 Å². The highest BCUT2D eigenvalue weighted by atomic mass is 16.2. The second-order valence-electron chi connectivity index (χ2n) is 6.86. The fourth-order valence-electron chi connectivity index (χ4n) is 3.86. The van der Waals surface area contributed by atoms with Crippen molar-refractivity contribution in [2.45, 2.75) is 25.7 Å². The third-order valence-electron chi connectivity index (χ3n) is 5.25. The van der Waals surface area contributed by atoms with Crippen LogP contribution >= 0.6 is 0 Å². The molecule has 0 aromatic heterocycles. The summed E-state index contributed by atoms with van der Waals surface area (Å²) in [4.78, 5) is 19.4. The van der Waals surface area contributed by atoms with E-state index in [1.54, 1.807) is 0 Å². The van der Waals surface area contributed by atoms with Crippen LogP contribution in [0.4, 0.5) is 0 Å². The van der Waals surface area contributed by atoms with Gasteiger partial charge in [0.15, 0.2) is 0 Å². The van der Waals surface area contributed by atoms with Crippen LogP contribution in [-0.4, -0.2) is 86.1 Å². The van der Waals surface area contributed by atoms with Gasteiger partial charge < -0.3 is 15.1 Å². The smallest absolute Gasteiger partial charge is 0.236 e. The maximum atomic E-state index is 12.4. The van der Waals surface area contributed by atoms with Crippen LogP contribution in [0.5, 0.6) is 0 Å². The van der Waals surface area contributed by atoms with Crippen molar-refractivity contribution < 1.29 is 4.79 Å². The SMILES string of the molecule is O=C(CN1CCNCC1)N1CCC(CN2CCCC2)CC1. The van der Waals surface area contributed by atoms with Crippen molar-refractivity contribution in [3.05, 3.63) is 0 Å². The molecule has 0 aromatic carbocycles. The van der Waals surface area contributed by atoms with E-state index in [1.165, 1.54) is 45.3 Å². The maximum absolute atomic E-state index is 12.4. The minimum absolute atomic E-state index is 0.344. The van der Waals surface area contributed by atoms with Crippen LogP contribution in [0, 0.1) is 5.92 Å². The van der Waals surface area contributed by atoms with Gasteiger partial charge in [-0.25, -0.2) is 0 Å². The molecule has 1 amide bonds. The van der Waals surface area contributed by atoms with E-state index < -0.39 is 0 Å². The highest BCUT2D eigenvalue weighted by Gasteiger charge is 2.26. The summed E-state index contributed by atoms with van der Waals surface area (Å²) in [7, 11) is 0. The Morgan fingerprint density at radius 1 is 0.905 bits per heavy atom. The van der Waals surface area contributed by atoms with E-state index in [0.29, 0.717) is 12.5 Å². The van der Waals surface area contributed by atoms with Crippen molar-refractivity contribution in [2.75, 3.05) is 65.4 Å². The highest BCUT2D eigenvalue weighted by molar-refractivity contribution is 5.78. The average molecular weight is 294 g/mol. The molecular weight excluding hydrogens is 264 g/mol. The van der Waals surface area contributed by atoms with E-state index in [0.717, 1.165) is 45.2 Å². The summed E-state index contributed by atoms with van der Waals surface area (Å²) < 4.78 is 0. The molecule has 3 aliphatic heterocycles. The van der Waals surface area contributed by atoms with Gasteiger partial charge in [-0.1, -0.05) is 0 Å². The van der Waals surface area contributed by atoms with Gasteiger partial charge in [-0.2, -0.15) is 0 Å². The van der Waals surface area contributed by atoms with Gasteiger partial charge in [0.2, 0.25) is 5.91 Å². The molecule has 5 nitrogen and oxygen atoms in total. The molecule has 0 unspecified atom stereocenters. The number of nitrogens with one attached hydrogen (secondary N) is 1. The van der Waals surface area contributed by atoms with Crippen molar-refractivity contribution in [1.29, 1.82) is 0 Å². The van der Waals surface area contributed by atoms with Crippen LogP contribution in [0.15, 0.2) is 0 Å². The first kappa shape index (κ1) is 15.3. The minimum atomic E-state index is 0.344. The summed E-state index contributed by atoms with van der Waals surface area (Å²) in [6.45, 7) is 10.5. The molecule has 3 fully saturated rings. The van der Waals surface area contributed by atoms with Crippen molar-refractivity contribution >= 4 is 5.91 Å². The third kappa shape index (κ3) is 4.41. The number of hydrogen-bond donors (Lipinski definition) is 1. The second kappa shape index (κ2) is 7.56. The molecule has 120 valence electrons. The monoisotopic (exact) mass is 294 g/mol. The van der Waals surface area contributed by atoms with E-state index >= 15 is 0 Å². The van der Waals surface area contributed by atoms with E-state index in [9.17, 15) is 4.79 Å². The fraction of sp³-hybridized carbons (Fsp3) is 0.938. The Balaban J connectivity index is 1.37. The number of piperidine rings is 1. The standard InChI is InChI=1S/C16H30N4O/c21-16(14-19-11-5-17-6-12-19)20-9-3-15(4-10-20)13-18-7-1-2-8-18/h15,17H,1-14H2. The molecule has 0 aromatic rings. The molecule has 0 spiro atoms. The molecule has 3 heterocycles. The molecule has 3 aliphatic rings. The lowest BCUT2D eigenvalue weighted by Gasteiger charge is -2.35. The quantitative estimate of drug-likeness (QED) is 0.805. The molecule has 3 rings (SSSR count). The number of piperazine rings is 1. The Morgan fingerprint density at radius 3 is 2.24 bits per heavy atom. The van der Waals surface area contributed by atoms with Crippen molar-refractivity contribution in [3.63, 3.8) is 0 Å². The van der Waals surface area contributed by atoms with Gasteiger partial charge in [-0.15, -0.1) is 0 Å². The minimum Gasteiger partial charge on any atom is -0.342 e. The number of nitrogens with zero attached hydrogens (tertiary/aromatic N) is 3. The van der Waals surface area contributed by atoms with Crippen LogP contribution < -0.4 is 5.32 Å². The summed E-state index contributed by atoms with van der Waals surface area (Å²) >= 11 is 0. The molecule has 0 radical (unpaired) electrons. The number of amides is 1. The summed E-state index contributed by atoms with van der Waals surface area (Å²) in [6, 6.07) is 0. The van der Waals surface area contributed by atoms with E-state index in [-0.39, 0.29) is 0 Å². The van der Waals surface area contributed by atoms with Crippen LogP contribution in [0.1, 0.15) is 25.7 Å². The summed E-state index contributed by atoms with van der Waals surface area (Å²) in [5, 5.41) is 3.34. The van der Waals surface area contributed by atoms with E-state index in [4.69, 9.17) is 0 Å². The summed E-state index contributed by atoms with van der Waals surface area (Å²) in [5.41, 5.74) is 0. The lowest BCUT2D eigenvalue weighted by molar-refractivity contribution is -0.134. The predicted octanol–water partition coefficient (Wildman–Crippen LogP) is 0.226. The zero-order valence-electron chi connectivity index (χ0n) is 13.2. The molecule has 3 saturated heterocycles. The van der Waals surface area contributed by atoms with Crippen LogP contribution in [-0.2, 0) is 4.79 Å². The Labute approximate surface area is 128 Å². The third-order valence-corrected chi connectivity index (χ3v) is 5.25. The number of rotatable bonds is 4. The van der Waals surface area contributed by atoms with Crippen LogP contribution in [0.3, 0.4) is 0 Å². The topological polar surface area (TPSA) is 38.8 Å². The number of hydrogen-bond acceptors (Lipinski definition) is 4. The molecule has 0 aliphatic carbocycles. The van der Waals surface area contributed by atoms with E-state index in [2.05, 4.69) is 20.0 Å². The van der Waals surface area contributed by atoms with Crippen LogP contribution in [0.25, 0.3) is 0 Å². The lowest BCUT2D eigenvalue weighted by atomic mass is 9.96. The predicted molar refractivity (Wildman–Crippen MR) is 84.3 cm³/mol. The Kier molecular flexibility index (Phi) is 5.49. The zero-order chi connectivity index (χ0) is 14.5. The molecule has 0 atom stereocenters. The number of carbonyl (C=O) groups excluding carboxylic acids is 1. The normalized spacial score (nSPS) is 26.4. The largest absolute Gasteiger partial charge is 0.342 e. The van der Waals surface area contributed by atoms with E-state index in [1.807, 2.05) is 0 Å². The summed E-state index contributed by atoms with van der Waals surface area (Å²) in [6.07, 6.45) is 5.15. The molecule has 0 saturated carbocycles. The van der Waals surface area contributed by atoms with Gasteiger partial charge in [-0.3, -0.25) is 9.69 Å². The first-order chi connectivity index (χ1) is 10.3. The van der Waals surface area contributed by atoms with Gasteiger partial charge in [-0.05, 0) is 44.7 Å². The first-order valence-corrected chi connectivity index (χ1v) is 8.74. The maximum Gasteiger partial charge on any atom is 0.236 e. The second-order valence-corrected chi connectivity index (χ2v) is 6.86. The molecule has 5 heteroatoms. The zero-order valence-corrected chi connectivity index (χ0v) is 13.2. The molecule has 21 heavy (non-hydrogen) atoms. The van der Waals surface area contributed by atoms with Gasteiger partial charge in [0, 0.05) is 45.8 Å². The molecule has 1 N–H and O–H groups in total. The Bertz CT molecular complexity index is 329. The van der Waals surface area contributed by atoms with Gasteiger partial charge in [0.1, 0.15) is 0 Å². The molecular formula is C16H30N4O. The van der Waals surface area contributed by atoms with Gasteiger partial charge in [0.05, 0.1) is 6.54 Å². The van der Waals surface area contributed by atoms with Crippen molar-refractivity contribution in [3.8, 4) is 0 Å². The Hall–Kier alpha value is -0.650. The Morgan fingerprint density at radius 2 is 1.57 bits per heavy atom. The summed E-state index contributed by atoms with van der Waals surface area (Å²) in [5.74, 6) is 1.16. The number of carbonyl (C=O) groups is 1. The average Bonchev–Trinajstić information content (AvgIpc) is 3.02. The fourth-order valence-corrected chi connectivity index (χ4v) is 3.86. The molecule has 0 bridgehead atoms. The first-order valence-electron chi connectivity index (χ1n) is 8.74. The van der Waals surface area contributed by atoms with Crippen LogP contribution in [0.2, 0.25) is 0 Å². The highest BCUT2D eigenvalue weighted by Crippen LogP contribution is 2.20. The lowest BCUT2D eigenvalue weighted by Crippen LogP contribution is -2.50. The van der Waals surface area contributed by atoms with Crippen molar-refractivity contribution in [2.24, 2.45) is 5.92 Å². The van der Waals surface area contributed by atoms with Gasteiger partial charge in [0.25, 0.3) is 0 Å². The number of likely N-dealkylation sites (tertiary alicyclic amines) is 2. The van der Waals surface area contributed by atoms with Crippen molar-refractivity contribution in [1.82, 2.24) is 20.0 Å².